The number of benzene rings is 2. The van der Waals surface area contributed by atoms with Gasteiger partial charge in [-0.15, -0.1) is 0 Å². The number of rotatable bonds is 8. The van der Waals surface area contributed by atoms with Crippen molar-refractivity contribution in [2.45, 2.75) is 44.6 Å². The maximum Gasteiger partial charge on any atom is 0.264 e. The smallest absolute Gasteiger partial charge is 0.264 e. The van der Waals surface area contributed by atoms with Gasteiger partial charge in [0.25, 0.3) is 10.0 Å². The molecule has 0 spiro atoms. The predicted octanol–water partition coefficient (Wildman–Crippen LogP) is 3.99. The minimum Gasteiger partial charge on any atom is -0.388 e. The molecule has 2 heterocycles. The number of aliphatic hydroxyl groups excluding tert-OH is 1. The van der Waals surface area contributed by atoms with Gasteiger partial charge >= 0.3 is 0 Å². The van der Waals surface area contributed by atoms with Crippen LogP contribution in [0.5, 0.6) is 0 Å². The van der Waals surface area contributed by atoms with Gasteiger partial charge < -0.3 is 14.7 Å². The Hall–Kier alpha value is -2.09. The fourth-order valence-corrected chi connectivity index (χ4v) is 6.06. The summed E-state index contributed by atoms with van der Waals surface area (Å²) in [6, 6.07) is 12.9. The first-order valence-corrected chi connectivity index (χ1v) is 13.0. The van der Waals surface area contributed by atoms with Gasteiger partial charge in [-0.1, -0.05) is 32.9 Å². The highest BCUT2D eigenvalue weighted by Crippen LogP contribution is 2.37. The fraction of sp³-hybridized carbons (Fsp3) is 0.520. The monoisotopic (exact) mass is 458 g/mol. The van der Waals surface area contributed by atoms with Crippen LogP contribution in [0, 0.1) is 11.8 Å². The van der Waals surface area contributed by atoms with E-state index < -0.39 is 16.1 Å². The molecule has 0 aromatic heterocycles. The average Bonchev–Trinajstić information content (AvgIpc) is 2.75. The van der Waals surface area contributed by atoms with Gasteiger partial charge in [0, 0.05) is 36.8 Å². The Balaban J connectivity index is 1.68. The zero-order valence-electron chi connectivity index (χ0n) is 19.2. The fourth-order valence-electron chi connectivity index (χ4n) is 4.39. The molecule has 1 fully saturated rings. The Morgan fingerprint density at radius 3 is 2.47 bits per heavy atom. The second-order valence-electron chi connectivity index (χ2n) is 9.32. The Morgan fingerprint density at radius 2 is 1.88 bits per heavy atom. The highest BCUT2D eigenvalue weighted by atomic mass is 32.2. The Morgan fingerprint density at radius 1 is 1.16 bits per heavy atom. The summed E-state index contributed by atoms with van der Waals surface area (Å²) in [4.78, 5) is 2.48. The molecule has 1 N–H and O–H groups in total. The topological polar surface area (TPSA) is 70.1 Å². The number of fused-ring (bicyclic) bond motifs is 1. The van der Waals surface area contributed by atoms with Crippen LogP contribution in [0.25, 0.3) is 0 Å². The first-order chi connectivity index (χ1) is 15.3. The molecule has 2 aromatic carbocycles. The van der Waals surface area contributed by atoms with Gasteiger partial charge in [0.05, 0.1) is 29.9 Å². The van der Waals surface area contributed by atoms with Crippen molar-refractivity contribution in [1.29, 1.82) is 0 Å². The summed E-state index contributed by atoms with van der Waals surface area (Å²) in [5.74, 6) is 0.660. The Labute approximate surface area is 191 Å². The maximum atomic E-state index is 13.7. The van der Waals surface area contributed by atoms with Crippen LogP contribution in [0.3, 0.4) is 0 Å². The SMILES string of the molecule is CCc1ccc(N(CC(C)C)S(=O)(=O)c2ccc3c(c2)C(O)CCN3CC2COC2)cc1. The van der Waals surface area contributed by atoms with Gasteiger partial charge in [-0.25, -0.2) is 8.42 Å². The van der Waals surface area contributed by atoms with Crippen molar-refractivity contribution in [1.82, 2.24) is 0 Å². The van der Waals surface area contributed by atoms with E-state index in [1.807, 2.05) is 44.2 Å². The molecule has 2 aromatic rings. The van der Waals surface area contributed by atoms with Gasteiger partial charge in [-0.05, 0) is 54.7 Å². The second-order valence-corrected chi connectivity index (χ2v) is 11.2. The highest BCUT2D eigenvalue weighted by molar-refractivity contribution is 7.92. The van der Waals surface area contributed by atoms with E-state index in [2.05, 4.69) is 11.8 Å². The molecule has 0 amide bonds. The lowest BCUT2D eigenvalue weighted by molar-refractivity contribution is -0.0280. The molecule has 2 aliphatic heterocycles. The quantitative estimate of drug-likeness (QED) is 0.648. The van der Waals surface area contributed by atoms with E-state index in [1.165, 1.54) is 9.87 Å². The molecule has 4 rings (SSSR count). The van der Waals surface area contributed by atoms with E-state index in [1.54, 1.807) is 12.1 Å². The molecular weight excluding hydrogens is 424 g/mol. The lowest BCUT2D eigenvalue weighted by Crippen LogP contribution is -2.42. The van der Waals surface area contributed by atoms with E-state index in [0.717, 1.165) is 38.4 Å². The summed E-state index contributed by atoms with van der Waals surface area (Å²) < 4.78 is 34.3. The standard InChI is InChI=1S/C25H34N2O4S/c1-4-19-5-7-21(8-6-19)27(14-18(2)3)32(29,30)22-9-10-24-23(13-22)25(28)11-12-26(24)15-20-16-31-17-20/h5-10,13,18,20,25,28H,4,11-12,14-17H2,1-3H3. The Bertz CT molecular complexity index is 1030. The zero-order chi connectivity index (χ0) is 22.9. The van der Waals surface area contributed by atoms with Crippen molar-refractivity contribution in [3.63, 3.8) is 0 Å². The highest BCUT2D eigenvalue weighted by Gasteiger charge is 2.31. The minimum absolute atomic E-state index is 0.166. The number of ether oxygens (including phenoxy) is 1. The molecule has 1 atom stereocenters. The number of sulfonamides is 1. The average molecular weight is 459 g/mol. The Kier molecular flexibility index (Phi) is 6.79. The molecule has 1 unspecified atom stereocenters. The van der Waals surface area contributed by atoms with Crippen molar-refractivity contribution in [3.05, 3.63) is 53.6 Å². The molecule has 32 heavy (non-hydrogen) atoms. The summed E-state index contributed by atoms with van der Waals surface area (Å²) in [5.41, 5.74) is 3.46. The minimum atomic E-state index is -3.78. The maximum absolute atomic E-state index is 13.7. The summed E-state index contributed by atoms with van der Waals surface area (Å²) in [6.45, 7) is 9.67. The molecule has 0 aliphatic carbocycles. The molecule has 174 valence electrons. The zero-order valence-corrected chi connectivity index (χ0v) is 20.0. The van der Waals surface area contributed by atoms with Crippen molar-refractivity contribution < 1.29 is 18.3 Å². The molecule has 0 saturated carbocycles. The van der Waals surface area contributed by atoms with Crippen molar-refractivity contribution >= 4 is 21.4 Å². The summed E-state index contributed by atoms with van der Waals surface area (Å²) >= 11 is 0. The molecule has 1 saturated heterocycles. The van der Waals surface area contributed by atoms with E-state index in [-0.39, 0.29) is 10.8 Å². The number of aryl methyl sites for hydroxylation is 1. The summed E-state index contributed by atoms with van der Waals surface area (Å²) in [6.07, 6.45) is 0.846. The third-order valence-electron chi connectivity index (χ3n) is 6.31. The largest absolute Gasteiger partial charge is 0.388 e. The van der Waals surface area contributed by atoms with Crippen LogP contribution < -0.4 is 9.21 Å². The van der Waals surface area contributed by atoms with Crippen molar-refractivity contribution in [2.24, 2.45) is 11.8 Å². The number of nitrogens with zero attached hydrogens (tertiary/aromatic N) is 2. The summed E-state index contributed by atoms with van der Waals surface area (Å²) in [5, 5.41) is 10.7. The molecule has 2 aliphatic rings. The normalized spacial score (nSPS) is 19.0. The predicted molar refractivity (Wildman–Crippen MR) is 128 cm³/mol. The van der Waals surface area contributed by atoms with Gasteiger partial charge in [-0.3, -0.25) is 4.31 Å². The lowest BCUT2D eigenvalue weighted by Gasteiger charge is -2.38. The van der Waals surface area contributed by atoms with Crippen LogP contribution in [-0.4, -0.2) is 46.4 Å². The number of hydrogen-bond donors (Lipinski definition) is 1. The van der Waals surface area contributed by atoms with Crippen LogP contribution >= 0.6 is 0 Å². The molecule has 0 radical (unpaired) electrons. The molecular formula is C25H34N2O4S. The van der Waals surface area contributed by atoms with Gasteiger partial charge in [0.1, 0.15) is 0 Å². The van der Waals surface area contributed by atoms with Crippen LogP contribution in [0.4, 0.5) is 11.4 Å². The van der Waals surface area contributed by atoms with E-state index in [0.29, 0.717) is 30.1 Å². The van der Waals surface area contributed by atoms with E-state index in [9.17, 15) is 13.5 Å². The van der Waals surface area contributed by atoms with Gasteiger partial charge in [0.2, 0.25) is 0 Å². The first-order valence-electron chi connectivity index (χ1n) is 11.6. The third-order valence-corrected chi connectivity index (χ3v) is 8.10. The summed E-state index contributed by atoms with van der Waals surface area (Å²) in [7, 11) is -3.78. The number of aliphatic hydroxyl groups is 1. The molecule has 0 bridgehead atoms. The number of hydrogen-bond acceptors (Lipinski definition) is 5. The van der Waals surface area contributed by atoms with Crippen LogP contribution in [0.15, 0.2) is 47.4 Å². The van der Waals surface area contributed by atoms with Crippen LogP contribution in [0.2, 0.25) is 0 Å². The van der Waals surface area contributed by atoms with Gasteiger partial charge in [0.15, 0.2) is 0 Å². The van der Waals surface area contributed by atoms with Crippen molar-refractivity contribution in [3.8, 4) is 0 Å². The first kappa shape index (κ1) is 23.1. The van der Waals surface area contributed by atoms with Crippen LogP contribution in [0.1, 0.15) is 44.4 Å². The van der Waals surface area contributed by atoms with E-state index >= 15 is 0 Å². The molecule has 7 heteroatoms. The van der Waals surface area contributed by atoms with Gasteiger partial charge in [-0.2, -0.15) is 0 Å². The third kappa shape index (κ3) is 4.65. The lowest BCUT2D eigenvalue weighted by atomic mass is 9.97. The number of anilines is 2. The van der Waals surface area contributed by atoms with Crippen LogP contribution in [-0.2, 0) is 21.2 Å². The molecule has 6 nitrogen and oxygen atoms in total. The van der Waals surface area contributed by atoms with Crippen molar-refractivity contribution in [2.75, 3.05) is 42.1 Å². The second kappa shape index (κ2) is 9.41. The van der Waals surface area contributed by atoms with E-state index in [4.69, 9.17) is 4.74 Å².